The smallest absolute Gasteiger partial charge is 0.411 e. The summed E-state index contributed by atoms with van der Waals surface area (Å²) in [5, 5.41) is 3.03. The van der Waals surface area contributed by atoms with Gasteiger partial charge in [0.1, 0.15) is 17.1 Å². The molecule has 1 N–H and O–H groups in total. The lowest BCUT2D eigenvalue weighted by molar-refractivity contribution is 0.0473. The van der Waals surface area contributed by atoms with Gasteiger partial charge in [0.25, 0.3) is 0 Å². The summed E-state index contributed by atoms with van der Waals surface area (Å²) >= 11 is 6.18. The zero-order valence-corrected chi connectivity index (χ0v) is 21.6. The van der Waals surface area contributed by atoms with Crippen molar-refractivity contribution < 1.29 is 31.9 Å². The summed E-state index contributed by atoms with van der Waals surface area (Å²) in [6.07, 6.45) is 1.83. The predicted molar refractivity (Wildman–Crippen MR) is 136 cm³/mol. The number of hydrogen-bond acceptors (Lipinski definition) is 8. The fraction of sp³-hybridized carbons (Fsp3) is 0.320. The zero-order chi connectivity index (χ0) is 26.6. The molecule has 0 spiro atoms. The normalized spacial score (nSPS) is 14.3. The molecule has 1 amide bonds. The van der Waals surface area contributed by atoms with Crippen molar-refractivity contribution in [2.24, 2.45) is 0 Å². The Morgan fingerprint density at radius 1 is 1.05 bits per heavy atom. The summed E-state index contributed by atoms with van der Waals surface area (Å²) in [6, 6.07) is 9.78. The van der Waals surface area contributed by atoms with E-state index in [9.17, 15) is 22.8 Å². The first-order valence-electron chi connectivity index (χ1n) is 11.7. The van der Waals surface area contributed by atoms with Crippen LogP contribution in [0.4, 0.5) is 10.5 Å². The van der Waals surface area contributed by atoms with Crippen LogP contribution in [0.5, 0.6) is 0 Å². The Morgan fingerprint density at radius 3 is 2.54 bits per heavy atom. The third kappa shape index (κ3) is 6.12. The van der Waals surface area contributed by atoms with Gasteiger partial charge < -0.3 is 13.9 Å². The van der Waals surface area contributed by atoms with E-state index in [4.69, 9.17) is 25.5 Å². The molecule has 37 heavy (non-hydrogen) atoms. The van der Waals surface area contributed by atoms with Crippen LogP contribution in [0.1, 0.15) is 42.1 Å². The van der Waals surface area contributed by atoms with Gasteiger partial charge in [-0.25, -0.2) is 22.8 Å². The number of fused-ring (bicyclic) bond motifs is 1. The molecule has 0 aliphatic carbocycles. The maximum absolute atomic E-state index is 13.1. The number of benzene rings is 2. The third-order valence-electron chi connectivity index (χ3n) is 5.81. The van der Waals surface area contributed by atoms with Crippen LogP contribution in [0.3, 0.4) is 0 Å². The summed E-state index contributed by atoms with van der Waals surface area (Å²) < 4.78 is 43.0. The molecular formula is C25H25ClN2O8S. The average Bonchev–Trinajstić information content (AvgIpc) is 2.87. The zero-order valence-electron chi connectivity index (χ0n) is 20.0. The number of carbonyl (C=O) groups excluding carboxylic acids is 2. The molecule has 10 nitrogen and oxygen atoms in total. The second-order valence-corrected chi connectivity index (χ2v) is 10.6. The Labute approximate surface area is 218 Å². The largest absolute Gasteiger partial charge is 0.457 e. The molecule has 0 radical (unpaired) electrons. The quantitative estimate of drug-likeness (QED) is 0.336. The molecule has 2 aromatic carbocycles. The number of piperidine rings is 1. The van der Waals surface area contributed by atoms with Crippen molar-refractivity contribution in [2.75, 3.05) is 25.0 Å². The molecular weight excluding hydrogens is 524 g/mol. The Hall–Kier alpha value is -3.41. The Kier molecular flexibility index (Phi) is 8.16. The molecule has 1 aliphatic rings. The minimum Gasteiger partial charge on any atom is -0.457 e. The highest BCUT2D eigenvalue weighted by Crippen LogP contribution is 2.28. The van der Waals surface area contributed by atoms with Gasteiger partial charge in [0.05, 0.1) is 17.2 Å². The topological polar surface area (TPSA) is 132 Å². The van der Waals surface area contributed by atoms with Crippen molar-refractivity contribution in [3.05, 3.63) is 69.0 Å². The number of anilines is 1. The van der Waals surface area contributed by atoms with Gasteiger partial charge in [0.2, 0.25) is 10.0 Å². The van der Waals surface area contributed by atoms with Crippen LogP contribution in [0.2, 0.25) is 5.02 Å². The summed E-state index contributed by atoms with van der Waals surface area (Å²) in [5.74, 6) is -0.784. The fourth-order valence-electron chi connectivity index (χ4n) is 4.01. The second kappa shape index (κ2) is 11.3. The van der Waals surface area contributed by atoms with E-state index in [1.807, 2.05) is 0 Å². The molecule has 12 heteroatoms. The average molecular weight is 549 g/mol. The van der Waals surface area contributed by atoms with Crippen LogP contribution in [0.15, 0.2) is 56.6 Å². The standard InChI is InChI=1S/C25H25ClN2O8S/c1-2-34-25(31)27-18-7-8-19-17(13-23(29)36-21(19)14-18)15-35-24(30)16-6-9-20(26)22(12-16)37(32,33)28-10-4-3-5-11-28/h6-9,12-14H,2-5,10-11,15H2,1H3,(H,27,31). The first-order chi connectivity index (χ1) is 17.7. The van der Waals surface area contributed by atoms with Crippen LogP contribution in [0.25, 0.3) is 11.0 Å². The van der Waals surface area contributed by atoms with Gasteiger partial charge in [-0.1, -0.05) is 18.0 Å². The molecule has 1 aliphatic heterocycles. The van der Waals surface area contributed by atoms with Gasteiger partial charge >= 0.3 is 17.7 Å². The minimum atomic E-state index is -3.87. The number of amides is 1. The Morgan fingerprint density at radius 2 is 1.81 bits per heavy atom. The molecule has 196 valence electrons. The Balaban J connectivity index is 1.54. The van der Waals surface area contributed by atoms with Gasteiger partial charge in [0.15, 0.2) is 0 Å². The highest BCUT2D eigenvalue weighted by molar-refractivity contribution is 7.89. The van der Waals surface area contributed by atoms with Crippen molar-refractivity contribution in [3.63, 3.8) is 0 Å². The van der Waals surface area contributed by atoms with Crippen LogP contribution in [0, 0.1) is 0 Å². The summed E-state index contributed by atoms with van der Waals surface area (Å²) in [4.78, 5) is 36.4. The van der Waals surface area contributed by atoms with Crippen molar-refractivity contribution in [1.29, 1.82) is 0 Å². The molecule has 3 aromatic rings. The molecule has 2 heterocycles. The number of sulfonamides is 1. The van der Waals surface area contributed by atoms with Crippen molar-refractivity contribution in [3.8, 4) is 0 Å². The molecule has 0 saturated carbocycles. The van der Waals surface area contributed by atoms with Crippen LogP contribution < -0.4 is 10.9 Å². The van der Waals surface area contributed by atoms with Crippen LogP contribution in [-0.4, -0.2) is 44.5 Å². The maximum atomic E-state index is 13.1. The third-order valence-corrected chi connectivity index (χ3v) is 8.19. The van der Waals surface area contributed by atoms with Gasteiger partial charge in [-0.3, -0.25) is 5.32 Å². The van der Waals surface area contributed by atoms with E-state index < -0.39 is 27.7 Å². The lowest BCUT2D eigenvalue weighted by Gasteiger charge is -2.26. The molecule has 0 unspecified atom stereocenters. The lowest BCUT2D eigenvalue weighted by atomic mass is 10.1. The molecule has 1 aromatic heterocycles. The van der Waals surface area contributed by atoms with E-state index in [2.05, 4.69) is 5.32 Å². The van der Waals surface area contributed by atoms with Crippen molar-refractivity contribution in [1.82, 2.24) is 4.31 Å². The number of carbonyl (C=O) groups is 2. The highest BCUT2D eigenvalue weighted by Gasteiger charge is 2.29. The van der Waals surface area contributed by atoms with Gasteiger partial charge in [-0.05, 0) is 50.1 Å². The number of ether oxygens (including phenoxy) is 2. The monoisotopic (exact) mass is 548 g/mol. The highest BCUT2D eigenvalue weighted by atomic mass is 35.5. The van der Waals surface area contributed by atoms with Gasteiger partial charge in [-0.2, -0.15) is 4.31 Å². The number of nitrogens with one attached hydrogen (secondary N) is 1. The van der Waals surface area contributed by atoms with E-state index in [0.717, 1.165) is 19.3 Å². The first-order valence-corrected chi connectivity index (χ1v) is 13.5. The summed E-state index contributed by atoms with van der Waals surface area (Å²) in [7, 11) is -3.87. The first kappa shape index (κ1) is 26.6. The molecule has 4 rings (SSSR count). The predicted octanol–water partition coefficient (Wildman–Crippen LogP) is 4.55. The SMILES string of the molecule is CCOC(=O)Nc1ccc2c(COC(=O)c3ccc(Cl)c(S(=O)(=O)N4CCCCC4)c3)cc(=O)oc2c1. The Bertz CT molecular complexity index is 1500. The van der Waals surface area contributed by atoms with Crippen LogP contribution in [-0.2, 0) is 26.1 Å². The van der Waals surface area contributed by atoms with E-state index in [0.29, 0.717) is 29.7 Å². The number of halogens is 1. The van der Waals surface area contributed by atoms with E-state index in [-0.39, 0.29) is 34.3 Å². The van der Waals surface area contributed by atoms with Crippen molar-refractivity contribution >= 4 is 50.3 Å². The lowest BCUT2D eigenvalue weighted by Crippen LogP contribution is -2.35. The van der Waals surface area contributed by atoms with Gasteiger partial charge in [0, 0.05) is 41.9 Å². The number of esters is 1. The van der Waals surface area contributed by atoms with Crippen molar-refractivity contribution in [2.45, 2.75) is 37.7 Å². The summed E-state index contributed by atoms with van der Waals surface area (Å²) in [6.45, 7) is 2.39. The van der Waals surface area contributed by atoms with E-state index in [1.54, 1.807) is 19.1 Å². The van der Waals surface area contributed by atoms with Gasteiger partial charge in [-0.15, -0.1) is 0 Å². The molecule has 0 atom stereocenters. The molecule has 1 saturated heterocycles. The minimum absolute atomic E-state index is 0.00757. The maximum Gasteiger partial charge on any atom is 0.411 e. The second-order valence-electron chi connectivity index (χ2n) is 8.33. The van der Waals surface area contributed by atoms with E-state index >= 15 is 0 Å². The number of hydrogen-bond donors (Lipinski definition) is 1. The molecule has 1 fully saturated rings. The summed E-state index contributed by atoms with van der Waals surface area (Å²) in [5.41, 5.74) is 0.236. The fourth-order valence-corrected chi connectivity index (χ4v) is 6.03. The number of rotatable bonds is 7. The van der Waals surface area contributed by atoms with Crippen LogP contribution >= 0.6 is 11.6 Å². The number of nitrogens with zero attached hydrogens (tertiary/aromatic N) is 1. The molecule has 0 bridgehead atoms. The van der Waals surface area contributed by atoms with E-state index in [1.165, 1.54) is 34.6 Å².